The summed E-state index contributed by atoms with van der Waals surface area (Å²) in [6, 6.07) is 14.0. The van der Waals surface area contributed by atoms with Gasteiger partial charge in [-0.3, -0.25) is 4.79 Å². The average Bonchev–Trinajstić information content (AvgIpc) is 2.90. The van der Waals surface area contributed by atoms with Crippen molar-refractivity contribution in [2.45, 2.75) is 10.8 Å². The van der Waals surface area contributed by atoms with Crippen LogP contribution in [0.5, 0.6) is 5.75 Å². The predicted molar refractivity (Wildman–Crippen MR) is 84.9 cm³/mol. The molecule has 0 bridgehead atoms. The molecule has 1 unspecified atom stereocenters. The van der Waals surface area contributed by atoms with Crippen molar-refractivity contribution < 1.29 is 9.53 Å². The van der Waals surface area contributed by atoms with E-state index in [1.807, 2.05) is 23.9 Å². The number of halogens is 1. The minimum absolute atomic E-state index is 0.416. The van der Waals surface area contributed by atoms with Gasteiger partial charge in [0.1, 0.15) is 5.75 Å². The van der Waals surface area contributed by atoms with Gasteiger partial charge in [0.2, 0.25) is 0 Å². The number of carbonyl (C=O) groups is 1. The predicted octanol–water partition coefficient (Wildman–Crippen LogP) is 4.53. The summed E-state index contributed by atoms with van der Waals surface area (Å²) in [5.41, 5.74) is 1.98. The fourth-order valence-corrected chi connectivity index (χ4v) is 3.84. The maximum Gasteiger partial charge on any atom is 0.151 e. The number of thioether (sulfide) groups is 1. The van der Waals surface area contributed by atoms with Crippen LogP contribution in [0.25, 0.3) is 0 Å². The van der Waals surface area contributed by atoms with Gasteiger partial charge in [0.15, 0.2) is 6.29 Å². The van der Waals surface area contributed by atoms with E-state index in [1.165, 1.54) is 10.5 Å². The van der Waals surface area contributed by atoms with E-state index in [2.05, 4.69) is 40.2 Å². The van der Waals surface area contributed by atoms with Crippen LogP contribution in [0, 0.1) is 0 Å². The summed E-state index contributed by atoms with van der Waals surface area (Å²) < 4.78 is 6.64. The number of fused-ring (bicyclic) bond motifs is 1. The van der Waals surface area contributed by atoms with E-state index >= 15 is 0 Å². The molecule has 2 nitrogen and oxygen atoms in total. The van der Waals surface area contributed by atoms with E-state index in [1.54, 1.807) is 6.07 Å². The van der Waals surface area contributed by atoms with Gasteiger partial charge in [-0.05, 0) is 29.8 Å². The fourth-order valence-electron chi connectivity index (χ4n) is 2.27. The Balaban J connectivity index is 1.70. The molecule has 0 radical (unpaired) electrons. The van der Waals surface area contributed by atoms with Crippen LogP contribution in [0.4, 0.5) is 0 Å². The molecule has 2 aromatic rings. The van der Waals surface area contributed by atoms with Crippen molar-refractivity contribution in [2.75, 3.05) is 12.4 Å². The first-order valence-electron chi connectivity index (χ1n) is 6.37. The maximum atomic E-state index is 10.9. The van der Waals surface area contributed by atoms with Crippen LogP contribution < -0.4 is 4.74 Å². The van der Waals surface area contributed by atoms with Gasteiger partial charge in [-0.2, -0.15) is 0 Å². The number of aldehydes is 1. The lowest BCUT2D eigenvalue weighted by Crippen LogP contribution is -2.09. The van der Waals surface area contributed by atoms with Crippen molar-refractivity contribution >= 4 is 34.0 Å². The van der Waals surface area contributed by atoms with Gasteiger partial charge in [-0.1, -0.05) is 34.1 Å². The van der Waals surface area contributed by atoms with E-state index in [0.29, 0.717) is 18.1 Å². The molecular formula is C16H13BrO2S. The van der Waals surface area contributed by atoms with E-state index < -0.39 is 0 Å². The van der Waals surface area contributed by atoms with Gasteiger partial charge < -0.3 is 4.74 Å². The molecule has 2 aromatic carbocycles. The molecule has 1 aliphatic rings. The lowest BCUT2D eigenvalue weighted by atomic mass is 10.0. The topological polar surface area (TPSA) is 26.3 Å². The summed E-state index contributed by atoms with van der Waals surface area (Å²) >= 11 is 5.22. The number of rotatable bonds is 4. The quantitative estimate of drug-likeness (QED) is 0.759. The summed E-state index contributed by atoms with van der Waals surface area (Å²) in [7, 11) is 0. The molecule has 3 rings (SSSR count). The molecule has 1 atom stereocenters. The Morgan fingerprint density at radius 2 is 2.15 bits per heavy atom. The Morgan fingerprint density at radius 1 is 1.30 bits per heavy atom. The Bertz CT molecular complexity index is 642. The second kappa shape index (κ2) is 6.02. The van der Waals surface area contributed by atoms with Crippen LogP contribution >= 0.6 is 27.7 Å². The average molecular weight is 349 g/mol. The Hall–Kier alpha value is -1.26. The zero-order valence-corrected chi connectivity index (χ0v) is 13.1. The Labute approximate surface area is 130 Å². The van der Waals surface area contributed by atoms with E-state index in [0.717, 1.165) is 22.3 Å². The normalized spacial score (nSPS) is 16.8. The zero-order valence-electron chi connectivity index (χ0n) is 10.7. The highest BCUT2D eigenvalue weighted by Gasteiger charge is 2.23. The SMILES string of the molecule is O=Cc1cc(OCC2CSc3ccccc32)ccc1Br. The van der Waals surface area contributed by atoms with E-state index in [-0.39, 0.29) is 0 Å². The fraction of sp³-hybridized carbons (Fsp3) is 0.188. The Kier molecular flexibility index (Phi) is 4.13. The van der Waals surface area contributed by atoms with Gasteiger partial charge >= 0.3 is 0 Å². The van der Waals surface area contributed by atoms with Gasteiger partial charge in [0.25, 0.3) is 0 Å². The lowest BCUT2D eigenvalue weighted by Gasteiger charge is -2.13. The highest BCUT2D eigenvalue weighted by atomic mass is 79.9. The van der Waals surface area contributed by atoms with Gasteiger partial charge in [-0.15, -0.1) is 11.8 Å². The first-order valence-corrected chi connectivity index (χ1v) is 8.15. The second-order valence-electron chi connectivity index (χ2n) is 4.66. The third-order valence-electron chi connectivity index (χ3n) is 3.34. The number of carbonyl (C=O) groups excluding carboxylic acids is 1. The van der Waals surface area contributed by atoms with E-state index in [4.69, 9.17) is 4.74 Å². The second-order valence-corrected chi connectivity index (χ2v) is 6.57. The smallest absolute Gasteiger partial charge is 0.151 e. The molecule has 1 aliphatic heterocycles. The number of benzene rings is 2. The number of hydrogen-bond donors (Lipinski definition) is 0. The zero-order chi connectivity index (χ0) is 13.9. The van der Waals surface area contributed by atoms with Crippen molar-refractivity contribution in [3.63, 3.8) is 0 Å². The van der Waals surface area contributed by atoms with Gasteiger partial charge in [0.05, 0.1) is 6.61 Å². The van der Waals surface area contributed by atoms with Gasteiger partial charge in [-0.25, -0.2) is 0 Å². The van der Waals surface area contributed by atoms with Crippen LogP contribution in [-0.2, 0) is 0 Å². The summed E-state index contributed by atoms with van der Waals surface area (Å²) in [5, 5.41) is 0. The van der Waals surface area contributed by atoms with Crippen molar-refractivity contribution in [2.24, 2.45) is 0 Å². The highest BCUT2D eigenvalue weighted by molar-refractivity contribution is 9.10. The Morgan fingerprint density at radius 3 is 3.00 bits per heavy atom. The van der Waals surface area contributed by atoms with Crippen molar-refractivity contribution in [3.8, 4) is 5.75 Å². The standard InChI is InChI=1S/C16H13BrO2S/c17-15-6-5-13(7-11(15)8-18)19-9-12-10-20-16-4-2-1-3-14(12)16/h1-8,12H,9-10H2. The largest absolute Gasteiger partial charge is 0.493 e. The summed E-state index contributed by atoms with van der Waals surface area (Å²) in [6.45, 7) is 0.643. The molecule has 0 aromatic heterocycles. The van der Waals surface area contributed by atoms with Crippen molar-refractivity contribution in [1.82, 2.24) is 0 Å². The molecule has 0 spiro atoms. The molecule has 0 fully saturated rings. The minimum atomic E-state index is 0.416. The third-order valence-corrected chi connectivity index (χ3v) is 5.32. The van der Waals surface area contributed by atoms with Crippen molar-refractivity contribution in [3.05, 3.63) is 58.1 Å². The van der Waals surface area contributed by atoms with Crippen LogP contribution in [0.1, 0.15) is 21.8 Å². The molecule has 20 heavy (non-hydrogen) atoms. The first-order chi connectivity index (χ1) is 9.78. The van der Waals surface area contributed by atoms with Crippen molar-refractivity contribution in [1.29, 1.82) is 0 Å². The van der Waals surface area contributed by atoms with Crippen LogP contribution in [-0.4, -0.2) is 18.6 Å². The molecule has 102 valence electrons. The summed E-state index contributed by atoms with van der Waals surface area (Å²) in [6.07, 6.45) is 0.831. The van der Waals surface area contributed by atoms with E-state index in [9.17, 15) is 4.79 Å². The molecule has 1 heterocycles. The summed E-state index contributed by atoms with van der Waals surface area (Å²) in [4.78, 5) is 12.3. The maximum absolute atomic E-state index is 10.9. The molecule has 0 aliphatic carbocycles. The third kappa shape index (κ3) is 2.76. The van der Waals surface area contributed by atoms with Gasteiger partial charge in [0, 0.05) is 26.6 Å². The molecule has 0 N–H and O–H groups in total. The minimum Gasteiger partial charge on any atom is -0.493 e. The summed E-state index contributed by atoms with van der Waals surface area (Å²) in [5.74, 6) is 2.21. The molecule has 0 saturated heterocycles. The molecule has 0 saturated carbocycles. The first kappa shape index (κ1) is 13.7. The lowest BCUT2D eigenvalue weighted by molar-refractivity contribution is 0.112. The molecular weight excluding hydrogens is 336 g/mol. The van der Waals surface area contributed by atoms with Crippen LogP contribution in [0.2, 0.25) is 0 Å². The number of hydrogen-bond acceptors (Lipinski definition) is 3. The van der Waals surface area contributed by atoms with Crippen LogP contribution in [0.15, 0.2) is 51.8 Å². The monoisotopic (exact) mass is 348 g/mol. The number of ether oxygens (including phenoxy) is 1. The molecule has 0 amide bonds. The highest BCUT2D eigenvalue weighted by Crippen LogP contribution is 2.39. The molecule has 4 heteroatoms. The van der Waals surface area contributed by atoms with Crippen LogP contribution in [0.3, 0.4) is 0 Å².